The Bertz CT molecular complexity index is 837. The number of likely N-dealkylation sites (tertiary alicyclic amines) is 1. The van der Waals surface area contributed by atoms with Gasteiger partial charge < -0.3 is 15.0 Å². The van der Waals surface area contributed by atoms with E-state index in [1.54, 1.807) is 6.92 Å². The molecule has 0 aromatic heterocycles. The molecule has 0 bridgehead atoms. The molecule has 0 aliphatic carbocycles. The Kier molecular flexibility index (Phi) is 9.37. The van der Waals surface area contributed by atoms with E-state index in [1.165, 1.54) is 28.8 Å². The fraction of sp³-hybridized carbons (Fsp3) is 0.579. The molecule has 8 nitrogen and oxygen atoms in total. The van der Waals surface area contributed by atoms with E-state index in [9.17, 15) is 22.4 Å². The number of sulfonamides is 1. The van der Waals surface area contributed by atoms with Crippen LogP contribution in [0.15, 0.2) is 29.2 Å². The lowest BCUT2D eigenvalue weighted by molar-refractivity contribution is -0.134. The fourth-order valence-corrected chi connectivity index (χ4v) is 5.01. The van der Waals surface area contributed by atoms with Crippen molar-refractivity contribution in [2.24, 2.45) is 0 Å². The highest BCUT2D eigenvalue weighted by molar-refractivity contribution is 7.98. The molecule has 1 aromatic rings. The molecule has 0 spiro atoms. The van der Waals surface area contributed by atoms with E-state index in [2.05, 4.69) is 10.0 Å². The third-order valence-corrected chi connectivity index (χ3v) is 6.81. The molecule has 0 radical (unpaired) electrons. The highest BCUT2D eigenvalue weighted by atomic mass is 32.2. The molecule has 2 unspecified atom stereocenters. The number of nitrogens with zero attached hydrogens (tertiary/aromatic N) is 1. The molecule has 2 atom stereocenters. The van der Waals surface area contributed by atoms with Crippen LogP contribution in [0.1, 0.15) is 26.2 Å². The van der Waals surface area contributed by atoms with Gasteiger partial charge in [0.2, 0.25) is 15.9 Å². The molecule has 1 heterocycles. The zero-order chi connectivity index (χ0) is 22.1. The maximum atomic E-state index is 14.0. The summed E-state index contributed by atoms with van der Waals surface area (Å²) in [5, 5.41) is 2.72. The van der Waals surface area contributed by atoms with Crippen LogP contribution in [0.2, 0.25) is 0 Å². The van der Waals surface area contributed by atoms with Crippen LogP contribution >= 0.6 is 11.8 Å². The maximum absolute atomic E-state index is 14.0. The Morgan fingerprint density at radius 1 is 1.37 bits per heavy atom. The van der Waals surface area contributed by atoms with Gasteiger partial charge in [-0.1, -0.05) is 12.1 Å². The number of benzene rings is 1. The highest BCUT2D eigenvalue weighted by Gasteiger charge is 2.33. The number of hydrogen-bond donors (Lipinski definition) is 2. The molecule has 1 aliphatic heterocycles. The lowest BCUT2D eigenvalue weighted by Gasteiger charge is -2.35. The molecular formula is C19H28FN3O5S2. The van der Waals surface area contributed by atoms with Crippen molar-refractivity contribution in [2.45, 2.75) is 43.2 Å². The van der Waals surface area contributed by atoms with Gasteiger partial charge in [-0.2, -0.15) is 16.5 Å². The number of hydrogen-bond acceptors (Lipinski definition) is 6. The first-order valence-corrected chi connectivity index (χ1v) is 12.6. The predicted molar refractivity (Wildman–Crippen MR) is 113 cm³/mol. The van der Waals surface area contributed by atoms with Gasteiger partial charge in [0.1, 0.15) is 16.8 Å². The molecular weight excluding hydrogens is 433 g/mol. The predicted octanol–water partition coefficient (Wildman–Crippen LogP) is 1.96. The lowest BCUT2D eigenvalue weighted by Crippen LogP contribution is -2.55. The minimum absolute atomic E-state index is 0.246. The van der Waals surface area contributed by atoms with Crippen LogP contribution in [0, 0.1) is 5.82 Å². The van der Waals surface area contributed by atoms with Gasteiger partial charge in [0.15, 0.2) is 0 Å². The number of piperidine rings is 1. The lowest BCUT2D eigenvalue weighted by atomic mass is 10.0. The van der Waals surface area contributed by atoms with E-state index in [4.69, 9.17) is 4.74 Å². The van der Waals surface area contributed by atoms with Crippen LogP contribution in [-0.4, -0.2) is 69.1 Å². The van der Waals surface area contributed by atoms with E-state index in [0.29, 0.717) is 25.1 Å². The van der Waals surface area contributed by atoms with E-state index < -0.39 is 32.9 Å². The summed E-state index contributed by atoms with van der Waals surface area (Å²) in [7, 11) is -4.22. The standard InChI is InChI=1S/C19H28FN3O5S2/c1-3-28-19(25)21-14-7-6-11-23(13-14)18(24)16(10-12-29-2)22-30(26,27)17-9-5-4-8-15(17)20/h4-5,8-9,14,16,22H,3,6-7,10-13H2,1-2H3,(H,21,25). The van der Waals surface area contributed by atoms with Gasteiger partial charge in [-0.05, 0) is 50.3 Å². The van der Waals surface area contributed by atoms with Crippen molar-refractivity contribution in [1.29, 1.82) is 0 Å². The normalized spacial score (nSPS) is 18.0. The Balaban J connectivity index is 2.12. The van der Waals surface area contributed by atoms with Crippen molar-refractivity contribution in [3.63, 3.8) is 0 Å². The van der Waals surface area contributed by atoms with Gasteiger partial charge in [-0.25, -0.2) is 17.6 Å². The third kappa shape index (κ3) is 6.85. The number of ether oxygens (including phenoxy) is 1. The Hall–Kier alpha value is -1.85. The van der Waals surface area contributed by atoms with E-state index in [-0.39, 0.29) is 31.5 Å². The molecule has 1 aromatic carbocycles. The van der Waals surface area contributed by atoms with Gasteiger partial charge in [-0.15, -0.1) is 0 Å². The van der Waals surface area contributed by atoms with Crippen molar-refractivity contribution in [1.82, 2.24) is 14.9 Å². The summed E-state index contributed by atoms with van der Waals surface area (Å²) < 4.78 is 46.7. The van der Waals surface area contributed by atoms with Gasteiger partial charge in [0.25, 0.3) is 0 Å². The van der Waals surface area contributed by atoms with Gasteiger partial charge >= 0.3 is 6.09 Å². The first kappa shape index (κ1) is 24.4. The zero-order valence-electron chi connectivity index (χ0n) is 17.1. The summed E-state index contributed by atoms with van der Waals surface area (Å²) in [5.74, 6) is -0.716. The number of rotatable bonds is 9. The Labute approximate surface area is 181 Å². The molecule has 0 saturated carbocycles. The Morgan fingerprint density at radius 2 is 2.10 bits per heavy atom. The monoisotopic (exact) mass is 461 g/mol. The van der Waals surface area contributed by atoms with Crippen molar-refractivity contribution in [3.05, 3.63) is 30.1 Å². The van der Waals surface area contributed by atoms with Crippen LogP contribution in [0.4, 0.5) is 9.18 Å². The number of amides is 2. The molecule has 2 rings (SSSR count). The average Bonchev–Trinajstić information content (AvgIpc) is 2.71. The molecule has 2 amide bonds. The third-order valence-electron chi connectivity index (χ3n) is 4.66. The highest BCUT2D eigenvalue weighted by Crippen LogP contribution is 2.18. The summed E-state index contributed by atoms with van der Waals surface area (Å²) in [4.78, 5) is 25.8. The van der Waals surface area contributed by atoms with Crippen LogP contribution in [-0.2, 0) is 19.6 Å². The van der Waals surface area contributed by atoms with E-state index in [0.717, 1.165) is 12.1 Å². The number of thioether (sulfide) groups is 1. The maximum Gasteiger partial charge on any atom is 0.407 e. The van der Waals surface area contributed by atoms with Crippen molar-refractivity contribution < 1.29 is 27.1 Å². The summed E-state index contributed by atoms with van der Waals surface area (Å²) in [6.45, 7) is 2.66. The largest absolute Gasteiger partial charge is 0.450 e. The second-order valence-electron chi connectivity index (χ2n) is 6.87. The average molecular weight is 462 g/mol. The second kappa shape index (κ2) is 11.5. The molecule has 2 N–H and O–H groups in total. The molecule has 30 heavy (non-hydrogen) atoms. The molecule has 1 fully saturated rings. The quantitative estimate of drug-likeness (QED) is 0.583. The van der Waals surface area contributed by atoms with Crippen LogP contribution < -0.4 is 10.0 Å². The number of nitrogens with one attached hydrogen (secondary N) is 2. The topological polar surface area (TPSA) is 105 Å². The van der Waals surface area contributed by atoms with Gasteiger partial charge in [-0.3, -0.25) is 4.79 Å². The molecule has 1 aliphatic rings. The van der Waals surface area contributed by atoms with Crippen molar-refractivity contribution in [2.75, 3.05) is 31.7 Å². The van der Waals surface area contributed by atoms with E-state index in [1.807, 2.05) is 6.26 Å². The minimum Gasteiger partial charge on any atom is -0.450 e. The number of halogens is 1. The number of carbonyl (C=O) groups is 2. The molecule has 168 valence electrons. The van der Waals surface area contributed by atoms with Crippen LogP contribution in [0.3, 0.4) is 0 Å². The van der Waals surface area contributed by atoms with Crippen molar-refractivity contribution in [3.8, 4) is 0 Å². The summed E-state index contributed by atoms with van der Waals surface area (Å²) in [6, 6.07) is 3.74. The molecule has 11 heteroatoms. The fourth-order valence-electron chi connectivity index (χ4n) is 3.24. The first-order chi connectivity index (χ1) is 14.3. The van der Waals surface area contributed by atoms with Crippen LogP contribution in [0.25, 0.3) is 0 Å². The summed E-state index contributed by atoms with van der Waals surface area (Å²) in [5.41, 5.74) is 0. The minimum atomic E-state index is -4.22. The van der Waals surface area contributed by atoms with Gasteiger partial charge in [0, 0.05) is 19.1 Å². The second-order valence-corrected chi connectivity index (χ2v) is 9.54. The summed E-state index contributed by atoms with van der Waals surface area (Å²) in [6.07, 6.45) is 2.93. The van der Waals surface area contributed by atoms with Gasteiger partial charge in [0.05, 0.1) is 6.61 Å². The molecule has 1 saturated heterocycles. The summed E-state index contributed by atoms with van der Waals surface area (Å²) >= 11 is 1.48. The number of alkyl carbamates (subject to hydrolysis) is 1. The first-order valence-electron chi connectivity index (χ1n) is 9.76. The van der Waals surface area contributed by atoms with E-state index >= 15 is 0 Å². The Morgan fingerprint density at radius 3 is 2.77 bits per heavy atom. The smallest absolute Gasteiger partial charge is 0.407 e. The van der Waals surface area contributed by atoms with Crippen LogP contribution in [0.5, 0.6) is 0 Å². The number of carbonyl (C=O) groups excluding carboxylic acids is 2. The zero-order valence-corrected chi connectivity index (χ0v) is 18.7. The van der Waals surface area contributed by atoms with Crippen molar-refractivity contribution >= 4 is 33.8 Å². The SMILES string of the molecule is CCOC(=O)NC1CCCN(C(=O)C(CCSC)NS(=O)(=O)c2ccccc2F)C1.